The zero-order chi connectivity index (χ0) is 10.9. The lowest BCUT2D eigenvalue weighted by Gasteiger charge is -2.35. The topological polar surface area (TPSA) is 75.8 Å². The molecule has 2 aliphatic heterocycles. The van der Waals surface area contributed by atoms with Gasteiger partial charge in [0.05, 0.1) is 11.6 Å². The first-order chi connectivity index (χ1) is 7.12. The van der Waals surface area contributed by atoms with Crippen molar-refractivity contribution in [2.75, 3.05) is 26.3 Å². The fourth-order valence-electron chi connectivity index (χ4n) is 2.19. The number of aliphatic hydroxyl groups excluding tert-OH is 1. The molecule has 5 heteroatoms. The van der Waals surface area contributed by atoms with Gasteiger partial charge in [0, 0.05) is 26.3 Å². The normalized spacial score (nSPS) is 30.5. The predicted molar refractivity (Wildman–Crippen MR) is 54.2 cm³/mol. The van der Waals surface area contributed by atoms with E-state index in [0.29, 0.717) is 45.6 Å². The van der Waals surface area contributed by atoms with Gasteiger partial charge in [0.15, 0.2) is 0 Å². The Hall–Kier alpha value is -0.650. The first kappa shape index (κ1) is 10.9. The third-order valence-electron chi connectivity index (χ3n) is 3.26. The van der Waals surface area contributed by atoms with Gasteiger partial charge in [-0.3, -0.25) is 4.79 Å². The van der Waals surface area contributed by atoms with Gasteiger partial charge in [-0.1, -0.05) is 0 Å². The molecule has 2 saturated heterocycles. The molecular weight excluding hydrogens is 196 g/mol. The van der Waals surface area contributed by atoms with Gasteiger partial charge in [-0.05, 0) is 19.3 Å². The number of amides is 1. The standard InChI is InChI=1S/C10H18N2O3/c11-10(2-5-15-6-3-10)9(14)12-4-1-8(13)7-12/h8,13H,1-7,11H2. The van der Waals surface area contributed by atoms with Crippen LogP contribution in [0, 0.1) is 0 Å². The largest absolute Gasteiger partial charge is 0.391 e. The van der Waals surface area contributed by atoms with E-state index in [-0.39, 0.29) is 12.0 Å². The van der Waals surface area contributed by atoms with Crippen LogP contribution in [0.25, 0.3) is 0 Å². The lowest BCUT2D eigenvalue weighted by atomic mass is 9.90. The van der Waals surface area contributed by atoms with E-state index in [1.54, 1.807) is 4.90 Å². The van der Waals surface area contributed by atoms with Gasteiger partial charge in [0.1, 0.15) is 0 Å². The highest BCUT2D eigenvalue weighted by atomic mass is 16.5. The van der Waals surface area contributed by atoms with Crippen LogP contribution < -0.4 is 5.73 Å². The first-order valence-corrected chi connectivity index (χ1v) is 5.46. The fourth-order valence-corrected chi connectivity index (χ4v) is 2.19. The Morgan fingerprint density at radius 1 is 1.47 bits per heavy atom. The highest BCUT2D eigenvalue weighted by Gasteiger charge is 2.40. The highest BCUT2D eigenvalue weighted by molar-refractivity contribution is 5.86. The van der Waals surface area contributed by atoms with Crippen LogP contribution in [-0.4, -0.2) is 53.9 Å². The second-order valence-electron chi connectivity index (χ2n) is 4.46. The maximum atomic E-state index is 12.1. The summed E-state index contributed by atoms with van der Waals surface area (Å²) in [5.74, 6) is -0.0256. The second-order valence-corrected chi connectivity index (χ2v) is 4.46. The number of hydrogen-bond donors (Lipinski definition) is 2. The summed E-state index contributed by atoms with van der Waals surface area (Å²) in [6, 6.07) is 0. The van der Waals surface area contributed by atoms with Gasteiger partial charge in [-0.2, -0.15) is 0 Å². The van der Waals surface area contributed by atoms with Crippen LogP contribution in [0.1, 0.15) is 19.3 Å². The second kappa shape index (κ2) is 4.08. The molecule has 0 aliphatic carbocycles. The van der Waals surface area contributed by atoms with Crippen molar-refractivity contribution in [3.8, 4) is 0 Å². The molecule has 1 atom stereocenters. The summed E-state index contributed by atoms with van der Waals surface area (Å²) < 4.78 is 5.20. The molecule has 0 radical (unpaired) electrons. The molecule has 3 N–H and O–H groups in total. The Balaban J connectivity index is 1.99. The molecule has 15 heavy (non-hydrogen) atoms. The van der Waals surface area contributed by atoms with Crippen molar-refractivity contribution >= 4 is 5.91 Å². The minimum atomic E-state index is -0.762. The molecule has 1 amide bonds. The minimum absolute atomic E-state index is 0.0256. The quantitative estimate of drug-likeness (QED) is 0.592. The SMILES string of the molecule is NC1(C(=O)N2CCC(O)C2)CCOCC1. The third-order valence-corrected chi connectivity index (χ3v) is 3.26. The lowest BCUT2D eigenvalue weighted by molar-refractivity contribution is -0.139. The number of carbonyl (C=O) groups excluding carboxylic acids is 1. The van der Waals surface area contributed by atoms with Crippen LogP contribution in [0.15, 0.2) is 0 Å². The van der Waals surface area contributed by atoms with Crippen molar-refractivity contribution in [1.82, 2.24) is 4.90 Å². The zero-order valence-electron chi connectivity index (χ0n) is 8.82. The number of β-amino-alcohol motifs (C(OH)–C–C–N with tert-alkyl or cyclic N) is 1. The average Bonchev–Trinajstić information content (AvgIpc) is 2.65. The Kier molecular flexibility index (Phi) is 2.95. The van der Waals surface area contributed by atoms with E-state index in [2.05, 4.69) is 0 Å². The molecule has 0 bridgehead atoms. The van der Waals surface area contributed by atoms with Crippen molar-refractivity contribution in [2.24, 2.45) is 5.73 Å². The highest BCUT2D eigenvalue weighted by Crippen LogP contribution is 2.22. The lowest BCUT2D eigenvalue weighted by Crippen LogP contribution is -2.57. The van der Waals surface area contributed by atoms with E-state index in [9.17, 15) is 9.90 Å². The number of ether oxygens (including phenoxy) is 1. The summed E-state index contributed by atoms with van der Waals surface area (Å²) in [4.78, 5) is 13.8. The predicted octanol–water partition coefficient (Wildman–Crippen LogP) is -0.912. The number of hydrogen-bond acceptors (Lipinski definition) is 4. The van der Waals surface area contributed by atoms with Crippen molar-refractivity contribution in [3.63, 3.8) is 0 Å². The molecular formula is C10H18N2O3. The molecule has 0 aromatic heterocycles. The summed E-state index contributed by atoms with van der Waals surface area (Å²) in [5.41, 5.74) is 5.31. The van der Waals surface area contributed by atoms with Crippen molar-refractivity contribution in [3.05, 3.63) is 0 Å². The smallest absolute Gasteiger partial charge is 0.242 e. The number of aliphatic hydroxyl groups is 1. The Morgan fingerprint density at radius 3 is 2.67 bits per heavy atom. The number of nitrogens with two attached hydrogens (primary N) is 1. The molecule has 5 nitrogen and oxygen atoms in total. The summed E-state index contributed by atoms with van der Waals surface area (Å²) in [6.07, 6.45) is 1.45. The van der Waals surface area contributed by atoms with Crippen LogP contribution in [0.2, 0.25) is 0 Å². The van der Waals surface area contributed by atoms with Gasteiger partial charge < -0.3 is 20.5 Å². The summed E-state index contributed by atoms with van der Waals surface area (Å²) >= 11 is 0. The van der Waals surface area contributed by atoms with Crippen LogP contribution in [0.5, 0.6) is 0 Å². The van der Waals surface area contributed by atoms with E-state index >= 15 is 0 Å². The monoisotopic (exact) mass is 214 g/mol. The molecule has 0 saturated carbocycles. The molecule has 2 fully saturated rings. The molecule has 2 rings (SSSR count). The van der Waals surface area contributed by atoms with E-state index in [1.165, 1.54) is 0 Å². The minimum Gasteiger partial charge on any atom is -0.391 e. The van der Waals surface area contributed by atoms with Crippen molar-refractivity contribution < 1.29 is 14.6 Å². The molecule has 1 unspecified atom stereocenters. The van der Waals surface area contributed by atoms with E-state index in [4.69, 9.17) is 10.5 Å². The van der Waals surface area contributed by atoms with Gasteiger partial charge in [-0.15, -0.1) is 0 Å². The van der Waals surface area contributed by atoms with E-state index in [0.717, 1.165) is 0 Å². The maximum Gasteiger partial charge on any atom is 0.242 e. The maximum absolute atomic E-state index is 12.1. The molecule has 2 heterocycles. The van der Waals surface area contributed by atoms with Crippen LogP contribution in [-0.2, 0) is 9.53 Å². The van der Waals surface area contributed by atoms with Crippen molar-refractivity contribution in [2.45, 2.75) is 30.9 Å². The number of carbonyl (C=O) groups is 1. The van der Waals surface area contributed by atoms with Crippen LogP contribution >= 0.6 is 0 Å². The number of rotatable bonds is 1. The summed E-state index contributed by atoms with van der Waals surface area (Å²) in [5, 5.41) is 9.37. The third kappa shape index (κ3) is 2.14. The fraction of sp³-hybridized carbons (Fsp3) is 0.900. The molecule has 0 aromatic rings. The molecule has 0 aromatic carbocycles. The van der Waals surface area contributed by atoms with Crippen molar-refractivity contribution in [1.29, 1.82) is 0 Å². The average molecular weight is 214 g/mol. The van der Waals surface area contributed by atoms with Gasteiger partial charge in [0.25, 0.3) is 0 Å². The van der Waals surface area contributed by atoms with E-state index < -0.39 is 5.54 Å². The van der Waals surface area contributed by atoms with Gasteiger partial charge in [0.2, 0.25) is 5.91 Å². The van der Waals surface area contributed by atoms with Crippen LogP contribution in [0.3, 0.4) is 0 Å². The first-order valence-electron chi connectivity index (χ1n) is 5.46. The Morgan fingerprint density at radius 2 is 2.13 bits per heavy atom. The summed E-state index contributed by atoms with van der Waals surface area (Å²) in [6.45, 7) is 2.16. The Labute approximate surface area is 89.2 Å². The van der Waals surface area contributed by atoms with E-state index in [1.807, 2.05) is 0 Å². The van der Waals surface area contributed by atoms with Gasteiger partial charge >= 0.3 is 0 Å². The molecule has 0 spiro atoms. The number of nitrogens with zero attached hydrogens (tertiary/aromatic N) is 1. The van der Waals surface area contributed by atoms with Crippen LogP contribution in [0.4, 0.5) is 0 Å². The van der Waals surface area contributed by atoms with Gasteiger partial charge in [-0.25, -0.2) is 0 Å². The molecule has 2 aliphatic rings. The number of likely N-dealkylation sites (tertiary alicyclic amines) is 1. The zero-order valence-corrected chi connectivity index (χ0v) is 8.82. The summed E-state index contributed by atoms with van der Waals surface area (Å²) in [7, 11) is 0. The molecule has 86 valence electrons. The Bertz CT molecular complexity index is 251.